The van der Waals surface area contributed by atoms with E-state index in [1.807, 2.05) is 0 Å². The SMILES string of the molecule is CCCNCCCc1nnc(-c2ccc([N+](=O)[O-])o2)o1. The van der Waals surface area contributed by atoms with E-state index in [-0.39, 0.29) is 17.5 Å². The number of hydrogen-bond donors (Lipinski definition) is 1. The average Bonchev–Trinajstić information content (AvgIpc) is 3.07. The first-order valence-corrected chi connectivity index (χ1v) is 6.48. The maximum atomic E-state index is 10.5. The minimum Gasteiger partial charge on any atom is -0.418 e. The fourth-order valence-corrected chi connectivity index (χ4v) is 1.66. The fraction of sp³-hybridized carbons (Fsp3) is 0.500. The van der Waals surface area contributed by atoms with Crippen molar-refractivity contribution >= 4 is 5.88 Å². The Morgan fingerprint density at radius 2 is 2.15 bits per heavy atom. The van der Waals surface area contributed by atoms with Crippen LogP contribution in [-0.4, -0.2) is 28.2 Å². The highest BCUT2D eigenvalue weighted by molar-refractivity contribution is 5.45. The molecule has 2 heterocycles. The number of nitrogens with one attached hydrogen (secondary N) is 1. The third-order valence-electron chi connectivity index (χ3n) is 2.62. The third kappa shape index (κ3) is 3.64. The van der Waals surface area contributed by atoms with Crippen LogP contribution < -0.4 is 5.32 Å². The zero-order chi connectivity index (χ0) is 14.4. The second-order valence-corrected chi connectivity index (χ2v) is 4.25. The Kier molecular flexibility index (Phi) is 4.83. The Balaban J connectivity index is 1.89. The Bertz CT molecular complexity index is 563. The van der Waals surface area contributed by atoms with Crippen molar-refractivity contribution in [2.75, 3.05) is 13.1 Å². The van der Waals surface area contributed by atoms with Crippen LogP contribution in [0.3, 0.4) is 0 Å². The standard InChI is InChI=1S/C12H16N4O4/c1-2-7-13-8-3-4-10-14-15-12(20-10)9-5-6-11(19-9)16(17)18/h5-6,13H,2-4,7-8H2,1H3. The predicted molar refractivity (Wildman–Crippen MR) is 70.1 cm³/mol. The third-order valence-corrected chi connectivity index (χ3v) is 2.62. The summed E-state index contributed by atoms with van der Waals surface area (Å²) < 4.78 is 10.4. The molecule has 0 aliphatic rings. The van der Waals surface area contributed by atoms with Gasteiger partial charge in [0.15, 0.2) is 5.76 Å². The lowest BCUT2D eigenvalue weighted by Gasteiger charge is -1.99. The minimum atomic E-state index is -0.611. The van der Waals surface area contributed by atoms with Crippen LogP contribution in [0.5, 0.6) is 0 Å². The zero-order valence-electron chi connectivity index (χ0n) is 11.2. The Hall–Kier alpha value is -2.22. The summed E-state index contributed by atoms with van der Waals surface area (Å²) in [5, 5.41) is 21.5. The van der Waals surface area contributed by atoms with Crippen molar-refractivity contribution in [2.24, 2.45) is 0 Å². The predicted octanol–water partition coefficient (Wildman–Crippen LogP) is 2.17. The number of nitrogens with zero attached hydrogens (tertiary/aromatic N) is 3. The van der Waals surface area contributed by atoms with Crippen molar-refractivity contribution in [1.29, 1.82) is 0 Å². The normalized spacial score (nSPS) is 10.8. The summed E-state index contributed by atoms with van der Waals surface area (Å²) in [5.74, 6) is 0.523. The van der Waals surface area contributed by atoms with E-state index in [4.69, 9.17) is 8.83 Å². The van der Waals surface area contributed by atoms with Gasteiger partial charge in [0.2, 0.25) is 5.89 Å². The van der Waals surface area contributed by atoms with E-state index in [9.17, 15) is 10.1 Å². The molecular formula is C12H16N4O4. The molecule has 0 aliphatic heterocycles. The van der Waals surface area contributed by atoms with E-state index >= 15 is 0 Å². The molecule has 0 unspecified atom stereocenters. The number of rotatable bonds is 8. The fourth-order valence-electron chi connectivity index (χ4n) is 1.66. The highest BCUT2D eigenvalue weighted by atomic mass is 16.6. The number of furan rings is 1. The molecule has 0 atom stereocenters. The summed E-state index contributed by atoms with van der Waals surface area (Å²) in [7, 11) is 0. The second-order valence-electron chi connectivity index (χ2n) is 4.25. The van der Waals surface area contributed by atoms with Crippen LogP contribution in [-0.2, 0) is 6.42 Å². The molecule has 2 aromatic rings. The quantitative estimate of drug-likeness (QED) is 0.448. The summed E-state index contributed by atoms with van der Waals surface area (Å²) in [5.41, 5.74) is 0. The van der Waals surface area contributed by atoms with E-state index in [1.54, 1.807) is 0 Å². The van der Waals surface area contributed by atoms with E-state index in [0.29, 0.717) is 12.3 Å². The highest BCUT2D eigenvalue weighted by Gasteiger charge is 2.17. The highest BCUT2D eigenvalue weighted by Crippen LogP contribution is 2.24. The molecule has 20 heavy (non-hydrogen) atoms. The first-order valence-electron chi connectivity index (χ1n) is 6.48. The van der Waals surface area contributed by atoms with Crippen molar-refractivity contribution in [1.82, 2.24) is 15.5 Å². The lowest BCUT2D eigenvalue weighted by atomic mass is 10.3. The Morgan fingerprint density at radius 3 is 2.85 bits per heavy atom. The van der Waals surface area contributed by atoms with Gasteiger partial charge in [0.1, 0.15) is 4.92 Å². The van der Waals surface area contributed by atoms with Gasteiger partial charge in [-0.1, -0.05) is 6.92 Å². The summed E-state index contributed by atoms with van der Waals surface area (Å²) in [6.45, 7) is 3.99. The van der Waals surface area contributed by atoms with Crippen molar-refractivity contribution < 1.29 is 13.8 Å². The summed E-state index contributed by atoms with van der Waals surface area (Å²) in [6.07, 6.45) is 2.65. The smallest absolute Gasteiger partial charge is 0.418 e. The van der Waals surface area contributed by atoms with Crippen molar-refractivity contribution in [3.8, 4) is 11.7 Å². The Morgan fingerprint density at radius 1 is 1.30 bits per heavy atom. The molecule has 0 bridgehead atoms. The average molecular weight is 280 g/mol. The number of aromatic nitrogens is 2. The van der Waals surface area contributed by atoms with Gasteiger partial charge in [-0.2, -0.15) is 0 Å². The van der Waals surface area contributed by atoms with Crippen LogP contribution in [0.15, 0.2) is 21.0 Å². The Labute approximate surface area is 115 Å². The molecule has 8 nitrogen and oxygen atoms in total. The van der Waals surface area contributed by atoms with Gasteiger partial charge in [-0.05, 0) is 32.0 Å². The molecule has 0 fully saturated rings. The van der Waals surface area contributed by atoms with Crippen molar-refractivity contribution in [2.45, 2.75) is 26.2 Å². The molecule has 2 rings (SSSR count). The summed E-state index contributed by atoms with van der Waals surface area (Å²) >= 11 is 0. The number of hydrogen-bond acceptors (Lipinski definition) is 7. The van der Waals surface area contributed by atoms with Crippen molar-refractivity contribution in [3.05, 3.63) is 28.1 Å². The first-order chi connectivity index (χ1) is 9.70. The summed E-state index contributed by atoms with van der Waals surface area (Å²) in [6, 6.07) is 2.70. The van der Waals surface area contributed by atoms with E-state index in [1.165, 1.54) is 12.1 Å². The lowest BCUT2D eigenvalue weighted by molar-refractivity contribution is -0.401. The lowest BCUT2D eigenvalue weighted by Crippen LogP contribution is -2.16. The molecule has 8 heteroatoms. The summed E-state index contributed by atoms with van der Waals surface area (Å²) in [4.78, 5) is 9.91. The van der Waals surface area contributed by atoms with Crippen LogP contribution in [0.2, 0.25) is 0 Å². The zero-order valence-corrected chi connectivity index (χ0v) is 11.2. The molecule has 0 spiro atoms. The van der Waals surface area contributed by atoms with Gasteiger partial charge in [-0.15, -0.1) is 10.2 Å². The van der Waals surface area contributed by atoms with Crippen LogP contribution in [0, 0.1) is 10.1 Å². The van der Waals surface area contributed by atoms with Gasteiger partial charge in [-0.25, -0.2) is 0 Å². The molecular weight excluding hydrogens is 264 g/mol. The van der Waals surface area contributed by atoms with Crippen LogP contribution in [0.4, 0.5) is 5.88 Å². The van der Waals surface area contributed by atoms with Gasteiger partial charge in [0, 0.05) is 6.42 Å². The first kappa shape index (κ1) is 14.2. The molecule has 1 N–H and O–H groups in total. The maximum Gasteiger partial charge on any atom is 0.433 e. The number of nitro groups is 1. The van der Waals surface area contributed by atoms with E-state index in [2.05, 4.69) is 22.4 Å². The van der Waals surface area contributed by atoms with Gasteiger partial charge in [0.25, 0.3) is 5.89 Å². The van der Waals surface area contributed by atoms with Gasteiger partial charge in [-0.3, -0.25) is 10.1 Å². The molecule has 0 saturated heterocycles. The van der Waals surface area contributed by atoms with Crippen LogP contribution in [0.25, 0.3) is 11.7 Å². The van der Waals surface area contributed by atoms with Gasteiger partial charge < -0.3 is 14.2 Å². The molecule has 0 aromatic carbocycles. The molecule has 108 valence electrons. The minimum absolute atomic E-state index is 0.162. The van der Waals surface area contributed by atoms with Crippen molar-refractivity contribution in [3.63, 3.8) is 0 Å². The van der Waals surface area contributed by atoms with E-state index in [0.717, 1.165) is 25.9 Å². The molecule has 0 saturated carbocycles. The van der Waals surface area contributed by atoms with Crippen LogP contribution in [0.1, 0.15) is 25.7 Å². The van der Waals surface area contributed by atoms with E-state index < -0.39 is 4.92 Å². The molecule has 0 aliphatic carbocycles. The number of aryl methyl sites for hydroxylation is 1. The van der Waals surface area contributed by atoms with Gasteiger partial charge in [0.05, 0.1) is 6.07 Å². The molecule has 0 amide bonds. The van der Waals surface area contributed by atoms with Crippen LogP contribution >= 0.6 is 0 Å². The monoisotopic (exact) mass is 280 g/mol. The largest absolute Gasteiger partial charge is 0.433 e. The molecule has 2 aromatic heterocycles. The topological polar surface area (TPSA) is 107 Å². The van der Waals surface area contributed by atoms with Gasteiger partial charge >= 0.3 is 5.88 Å². The maximum absolute atomic E-state index is 10.5. The second kappa shape index (κ2) is 6.80. The molecule has 0 radical (unpaired) electrons.